The molecule has 0 unspecified atom stereocenters. The summed E-state index contributed by atoms with van der Waals surface area (Å²) < 4.78 is 2.56. The van der Waals surface area contributed by atoms with Crippen LogP contribution in [0, 0.1) is 0 Å². The number of carboxylic acid groups (broad SMARTS) is 2. The topological polar surface area (TPSA) is 80.3 Å². The molecule has 1 aromatic carbocycles. The van der Waals surface area contributed by atoms with E-state index in [0.717, 1.165) is 6.07 Å². The summed E-state index contributed by atoms with van der Waals surface area (Å²) in [5.74, 6) is -2.81. The minimum Gasteiger partial charge on any atom is -0.545 e. The van der Waals surface area contributed by atoms with Gasteiger partial charge in [-0.3, -0.25) is 0 Å². The van der Waals surface area contributed by atoms with Crippen molar-refractivity contribution in [3.8, 4) is 0 Å². The van der Waals surface area contributed by atoms with Gasteiger partial charge in [0.1, 0.15) is 0 Å². The van der Waals surface area contributed by atoms with Crippen molar-refractivity contribution in [3.05, 3.63) is 35.4 Å². The lowest BCUT2D eigenvalue weighted by Gasteiger charge is -2.34. The average molecular weight is 425 g/mol. The Balaban J connectivity index is 0. The van der Waals surface area contributed by atoms with Gasteiger partial charge in [0, 0.05) is 0 Å². The third kappa shape index (κ3) is 10.2. The fraction of sp³-hybridized carbons (Fsp3) is 0.667. The van der Waals surface area contributed by atoms with Gasteiger partial charge in [-0.1, -0.05) is 18.2 Å². The van der Waals surface area contributed by atoms with Crippen molar-refractivity contribution in [2.75, 3.05) is 52.4 Å². The van der Waals surface area contributed by atoms with Crippen LogP contribution in [0.3, 0.4) is 0 Å². The Morgan fingerprint density at radius 3 is 0.967 bits per heavy atom. The van der Waals surface area contributed by atoms with Crippen molar-refractivity contribution in [1.82, 2.24) is 0 Å². The summed E-state index contributed by atoms with van der Waals surface area (Å²) in [6, 6.07) is 4.81. The Labute approximate surface area is 184 Å². The van der Waals surface area contributed by atoms with E-state index in [1.165, 1.54) is 79.5 Å². The van der Waals surface area contributed by atoms with Crippen molar-refractivity contribution in [1.29, 1.82) is 0 Å². The molecule has 0 N–H and O–H groups in total. The standard InChI is InChI=1S/2C8H20N.C8H6O4/c2*1-5-9(6-2,7-3)8-4;9-7(10)5-2-1-3-6(4-5)8(11)12/h2*5-8H2,1-4H3;1-4H,(H,9,10)(H,11,12)/q2*+1;/p-2. The van der Waals surface area contributed by atoms with Crippen molar-refractivity contribution < 1.29 is 28.8 Å². The summed E-state index contributed by atoms with van der Waals surface area (Å²) in [7, 11) is 0. The second-order valence-corrected chi connectivity index (χ2v) is 7.37. The summed E-state index contributed by atoms with van der Waals surface area (Å²) in [5, 5.41) is 20.5. The molecule has 0 aliphatic carbocycles. The normalized spacial score (nSPS) is 10.9. The highest BCUT2D eigenvalue weighted by atomic mass is 16.4. The number of carbonyl (C=O) groups excluding carboxylic acids is 2. The van der Waals surface area contributed by atoms with Crippen LogP contribution in [0.2, 0.25) is 0 Å². The van der Waals surface area contributed by atoms with Gasteiger partial charge >= 0.3 is 0 Å². The lowest BCUT2D eigenvalue weighted by Crippen LogP contribution is -2.47. The predicted molar refractivity (Wildman–Crippen MR) is 120 cm³/mol. The number of hydrogen-bond acceptors (Lipinski definition) is 4. The molecule has 0 aromatic heterocycles. The van der Waals surface area contributed by atoms with Gasteiger partial charge in [-0.2, -0.15) is 0 Å². The van der Waals surface area contributed by atoms with Gasteiger partial charge in [-0.15, -0.1) is 0 Å². The third-order valence-electron chi connectivity index (χ3n) is 6.70. The number of carbonyl (C=O) groups is 2. The second-order valence-electron chi connectivity index (χ2n) is 7.37. The van der Waals surface area contributed by atoms with Crippen molar-refractivity contribution >= 4 is 11.9 Å². The fourth-order valence-electron chi connectivity index (χ4n) is 3.46. The van der Waals surface area contributed by atoms with Crippen LogP contribution < -0.4 is 10.2 Å². The van der Waals surface area contributed by atoms with Gasteiger partial charge in [0.05, 0.1) is 64.3 Å². The quantitative estimate of drug-likeness (QED) is 0.539. The van der Waals surface area contributed by atoms with Crippen molar-refractivity contribution in [3.63, 3.8) is 0 Å². The number of benzene rings is 1. The molecule has 0 saturated heterocycles. The number of nitrogens with zero attached hydrogens (tertiary/aromatic N) is 2. The Morgan fingerprint density at radius 2 is 0.833 bits per heavy atom. The highest BCUT2D eigenvalue weighted by Crippen LogP contribution is 2.04. The Hall–Kier alpha value is -1.92. The van der Waals surface area contributed by atoms with E-state index < -0.39 is 11.9 Å². The Kier molecular flexibility index (Phi) is 16.0. The number of quaternary nitrogens is 2. The molecule has 0 fully saturated rings. The van der Waals surface area contributed by atoms with Crippen LogP contribution in [-0.4, -0.2) is 73.3 Å². The Morgan fingerprint density at radius 1 is 0.600 bits per heavy atom. The summed E-state index contributed by atoms with van der Waals surface area (Å²) in [6.07, 6.45) is 0. The minimum absolute atomic E-state index is 0.170. The number of hydrogen-bond donors (Lipinski definition) is 0. The van der Waals surface area contributed by atoms with E-state index in [2.05, 4.69) is 55.4 Å². The number of carboxylic acids is 2. The fourth-order valence-corrected chi connectivity index (χ4v) is 3.46. The molecular formula is C24H44N2O4. The van der Waals surface area contributed by atoms with E-state index >= 15 is 0 Å². The molecular weight excluding hydrogens is 380 g/mol. The van der Waals surface area contributed by atoms with Gasteiger partial charge in [-0.05, 0) is 72.6 Å². The summed E-state index contributed by atoms with van der Waals surface area (Å²) in [6.45, 7) is 28.4. The second kappa shape index (κ2) is 15.9. The molecule has 0 radical (unpaired) electrons. The van der Waals surface area contributed by atoms with Crippen LogP contribution in [0.1, 0.15) is 76.1 Å². The first-order valence-electron chi connectivity index (χ1n) is 11.3. The zero-order valence-electron chi connectivity index (χ0n) is 20.5. The van der Waals surface area contributed by atoms with Gasteiger partial charge in [0.25, 0.3) is 0 Å². The smallest absolute Gasteiger partial charge is 0.0757 e. The Bertz CT molecular complexity index is 525. The molecule has 1 aromatic rings. The third-order valence-corrected chi connectivity index (χ3v) is 6.70. The van der Waals surface area contributed by atoms with E-state index in [9.17, 15) is 19.8 Å². The van der Waals surface area contributed by atoms with E-state index in [4.69, 9.17) is 0 Å². The maximum absolute atomic E-state index is 10.3. The maximum Gasteiger partial charge on any atom is 0.0757 e. The van der Waals surface area contributed by atoms with Crippen molar-refractivity contribution in [2.45, 2.75) is 55.4 Å². The average Bonchev–Trinajstić information content (AvgIpc) is 2.79. The first-order valence-corrected chi connectivity index (χ1v) is 11.3. The summed E-state index contributed by atoms with van der Waals surface area (Å²) >= 11 is 0. The molecule has 0 amide bonds. The molecule has 0 saturated carbocycles. The van der Waals surface area contributed by atoms with Crippen LogP contribution in [-0.2, 0) is 0 Å². The van der Waals surface area contributed by atoms with E-state index in [1.54, 1.807) is 0 Å². The highest BCUT2D eigenvalue weighted by Gasteiger charge is 2.16. The summed E-state index contributed by atoms with van der Waals surface area (Å²) in [5.41, 5.74) is -0.339. The van der Waals surface area contributed by atoms with Crippen LogP contribution in [0.15, 0.2) is 24.3 Å². The highest BCUT2D eigenvalue weighted by molar-refractivity contribution is 5.91. The van der Waals surface area contributed by atoms with E-state index in [1.807, 2.05) is 0 Å². The van der Waals surface area contributed by atoms with Crippen LogP contribution in [0.4, 0.5) is 0 Å². The monoisotopic (exact) mass is 424 g/mol. The summed E-state index contributed by atoms with van der Waals surface area (Å²) in [4.78, 5) is 20.5. The van der Waals surface area contributed by atoms with Gasteiger partial charge in [-0.25, -0.2) is 0 Å². The van der Waals surface area contributed by atoms with Crippen LogP contribution in [0.25, 0.3) is 0 Å². The lowest BCUT2D eigenvalue weighted by atomic mass is 10.1. The molecule has 0 atom stereocenters. The molecule has 0 spiro atoms. The number of rotatable bonds is 10. The predicted octanol–water partition coefficient (Wildman–Crippen LogP) is 2.18. The molecule has 0 bridgehead atoms. The molecule has 6 nitrogen and oxygen atoms in total. The lowest BCUT2D eigenvalue weighted by molar-refractivity contribution is -0.921. The molecule has 174 valence electrons. The van der Waals surface area contributed by atoms with Gasteiger partial charge in [0.2, 0.25) is 0 Å². The van der Waals surface area contributed by atoms with Crippen LogP contribution in [0.5, 0.6) is 0 Å². The first-order chi connectivity index (χ1) is 14.1. The molecule has 0 aliphatic rings. The number of aromatic carboxylic acids is 2. The van der Waals surface area contributed by atoms with Gasteiger partial charge in [0.15, 0.2) is 0 Å². The zero-order valence-corrected chi connectivity index (χ0v) is 20.5. The zero-order chi connectivity index (χ0) is 23.8. The van der Waals surface area contributed by atoms with E-state index in [0.29, 0.717) is 0 Å². The maximum atomic E-state index is 10.3. The molecule has 1 rings (SSSR count). The van der Waals surface area contributed by atoms with Gasteiger partial charge < -0.3 is 28.8 Å². The molecule has 0 aliphatic heterocycles. The van der Waals surface area contributed by atoms with Crippen LogP contribution >= 0.6 is 0 Å². The minimum atomic E-state index is -1.40. The molecule has 6 heteroatoms. The molecule has 30 heavy (non-hydrogen) atoms. The SMILES string of the molecule is CC[N+](CC)(CC)CC.CC[N+](CC)(CC)CC.O=C([O-])c1cccc(C(=O)[O-])c1. The molecule has 0 heterocycles. The first kappa shape index (κ1) is 30.3. The van der Waals surface area contributed by atoms with E-state index in [-0.39, 0.29) is 11.1 Å². The van der Waals surface area contributed by atoms with Crippen molar-refractivity contribution in [2.24, 2.45) is 0 Å². The largest absolute Gasteiger partial charge is 0.545 e.